The Balaban J connectivity index is 1.56. The molecule has 8 nitrogen and oxygen atoms in total. The van der Waals surface area contributed by atoms with Crippen molar-refractivity contribution < 1.29 is 4.79 Å². The molecule has 1 aliphatic rings. The second-order valence-electron chi connectivity index (χ2n) is 7.60. The van der Waals surface area contributed by atoms with Gasteiger partial charge in [-0.05, 0) is 53.8 Å². The molecule has 0 aliphatic carbocycles. The number of hydrogen-bond acceptors (Lipinski definition) is 3. The molecule has 1 heterocycles. The molecule has 162 valence electrons. The first-order valence-electron chi connectivity index (χ1n) is 10.2. The van der Waals surface area contributed by atoms with Crippen LogP contribution in [-0.2, 0) is 6.42 Å². The topological polar surface area (TPSA) is 135 Å². The van der Waals surface area contributed by atoms with E-state index >= 15 is 0 Å². The maximum atomic E-state index is 12.6. The Bertz CT molecular complexity index is 980. The quantitative estimate of drug-likeness (QED) is 0.362. The van der Waals surface area contributed by atoms with E-state index in [0.717, 1.165) is 36.2 Å². The zero-order valence-corrected chi connectivity index (χ0v) is 17.7. The first-order chi connectivity index (χ1) is 14.8. The lowest BCUT2D eigenvalue weighted by Gasteiger charge is -2.26. The molecule has 1 amide bonds. The summed E-state index contributed by atoms with van der Waals surface area (Å²) in [4.78, 5) is 16.1. The van der Waals surface area contributed by atoms with Gasteiger partial charge in [0.05, 0.1) is 0 Å². The van der Waals surface area contributed by atoms with Crippen molar-refractivity contribution in [3.05, 3.63) is 71.3 Å². The summed E-state index contributed by atoms with van der Waals surface area (Å²) in [5.74, 6) is -0.0116. The molecule has 0 atom stereocenters. The van der Waals surface area contributed by atoms with Crippen LogP contribution >= 0.6 is 0 Å². The fourth-order valence-electron chi connectivity index (χ4n) is 3.36. The van der Waals surface area contributed by atoms with Crippen molar-refractivity contribution >= 4 is 29.1 Å². The molecule has 31 heavy (non-hydrogen) atoms. The molecule has 0 saturated carbocycles. The maximum Gasteiger partial charge on any atom is 0.255 e. The van der Waals surface area contributed by atoms with Crippen LogP contribution in [-0.4, -0.2) is 54.3 Å². The lowest BCUT2D eigenvalue weighted by Crippen LogP contribution is -2.39. The van der Waals surface area contributed by atoms with Crippen molar-refractivity contribution in [3.63, 3.8) is 0 Å². The Morgan fingerprint density at radius 2 is 1.77 bits per heavy atom. The summed E-state index contributed by atoms with van der Waals surface area (Å²) in [6.45, 7) is 2.02. The first-order valence-corrected chi connectivity index (χ1v) is 10.2. The molecule has 8 heteroatoms. The zero-order chi connectivity index (χ0) is 22.4. The van der Waals surface area contributed by atoms with E-state index in [9.17, 15) is 4.79 Å². The number of nitrogens with one attached hydrogen (secondary N) is 3. The van der Waals surface area contributed by atoms with E-state index in [1.165, 1.54) is 5.57 Å². The molecule has 0 saturated heterocycles. The van der Waals surface area contributed by atoms with Gasteiger partial charge in [0.1, 0.15) is 0 Å². The normalized spacial score (nSPS) is 13.3. The predicted molar refractivity (Wildman–Crippen MR) is 125 cm³/mol. The summed E-state index contributed by atoms with van der Waals surface area (Å²) in [7, 11) is 1.79. The van der Waals surface area contributed by atoms with Crippen LogP contribution in [0.15, 0.2) is 54.6 Å². The molecule has 0 unspecified atom stereocenters. The maximum absolute atomic E-state index is 12.6. The van der Waals surface area contributed by atoms with Crippen LogP contribution in [0.3, 0.4) is 0 Å². The van der Waals surface area contributed by atoms with Gasteiger partial charge >= 0.3 is 0 Å². The van der Waals surface area contributed by atoms with Crippen molar-refractivity contribution in [1.29, 1.82) is 10.8 Å². The van der Waals surface area contributed by atoms with Crippen molar-refractivity contribution in [1.82, 2.24) is 9.80 Å². The highest BCUT2D eigenvalue weighted by Crippen LogP contribution is 2.23. The summed E-state index contributed by atoms with van der Waals surface area (Å²) < 4.78 is 0. The molecule has 2 aromatic rings. The van der Waals surface area contributed by atoms with Gasteiger partial charge in [0.2, 0.25) is 0 Å². The Morgan fingerprint density at radius 3 is 2.32 bits per heavy atom. The van der Waals surface area contributed by atoms with Crippen LogP contribution in [0.2, 0.25) is 0 Å². The molecule has 1 aliphatic heterocycles. The van der Waals surface area contributed by atoms with Gasteiger partial charge < -0.3 is 26.6 Å². The van der Waals surface area contributed by atoms with E-state index in [2.05, 4.69) is 11.4 Å². The SMILES string of the molecule is CN(CCc1ccc(NC(=O)c2ccc(C3=CCN(C(=N)N)CC3)cc2)cc1)C(=N)N. The summed E-state index contributed by atoms with van der Waals surface area (Å²) in [5.41, 5.74) is 15.7. The number of nitrogens with two attached hydrogens (primary N) is 2. The molecule has 0 fully saturated rings. The van der Waals surface area contributed by atoms with E-state index in [1.54, 1.807) is 11.9 Å². The number of rotatable bonds is 6. The third-order valence-electron chi connectivity index (χ3n) is 5.43. The van der Waals surface area contributed by atoms with Crippen LogP contribution < -0.4 is 16.8 Å². The second kappa shape index (κ2) is 9.80. The highest BCUT2D eigenvalue weighted by Gasteiger charge is 2.14. The summed E-state index contributed by atoms with van der Waals surface area (Å²) in [6.07, 6.45) is 3.67. The Morgan fingerprint density at radius 1 is 1.10 bits per heavy atom. The number of nitrogens with zero attached hydrogens (tertiary/aromatic N) is 2. The lowest BCUT2D eigenvalue weighted by atomic mass is 9.98. The molecule has 7 N–H and O–H groups in total. The predicted octanol–water partition coefficient (Wildman–Crippen LogP) is 2.29. The highest BCUT2D eigenvalue weighted by molar-refractivity contribution is 6.04. The number of guanidine groups is 2. The fraction of sp³-hybridized carbons (Fsp3) is 0.261. The molecule has 0 aromatic heterocycles. The molecular formula is C23H29N7O. The van der Waals surface area contributed by atoms with Gasteiger partial charge in [-0.3, -0.25) is 15.6 Å². The van der Waals surface area contributed by atoms with Crippen LogP contribution in [0.25, 0.3) is 5.57 Å². The van der Waals surface area contributed by atoms with E-state index in [4.69, 9.17) is 22.3 Å². The van der Waals surface area contributed by atoms with Crippen LogP contribution in [0.4, 0.5) is 5.69 Å². The van der Waals surface area contributed by atoms with Crippen LogP contribution in [0, 0.1) is 10.8 Å². The molecule has 0 bridgehead atoms. The smallest absolute Gasteiger partial charge is 0.255 e. The summed E-state index contributed by atoms with van der Waals surface area (Å²) in [6, 6.07) is 15.3. The van der Waals surface area contributed by atoms with Crippen molar-refractivity contribution in [2.45, 2.75) is 12.8 Å². The van der Waals surface area contributed by atoms with Gasteiger partial charge in [0.15, 0.2) is 11.9 Å². The largest absolute Gasteiger partial charge is 0.370 e. The molecule has 3 rings (SSSR count). The average molecular weight is 420 g/mol. The van der Waals surface area contributed by atoms with Gasteiger partial charge in [0.25, 0.3) is 5.91 Å². The van der Waals surface area contributed by atoms with Crippen molar-refractivity contribution in [2.24, 2.45) is 11.5 Å². The minimum absolute atomic E-state index is 0.0488. The minimum atomic E-state index is -0.156. The number of amides is 1. The van der Waals surface area contributed by atoms with Gasteiger partial charge in [-0.15, -0.1) is 0 Å². The van der Waals surface area contributed by atoms with Crippen LogP contribution in [0.5, 0.6) is 0 Å². The highest BCUT2D eigenvalue weighted by atomic mass is 16.1. The van der Waals surface area contributed by atoms with Crippen molar-refractivity contribution in [2.75, 3.05) is 32.0 Å². The Hall–Kier alpha value is -3.81. The molecule has 0 radical (unpaired) electrons. The Kier molecular flexibility index (Phi) is 6.92. The average Bonchev–Trinajstić information content (AvgIpc) is 2.78. The fourth-order valence-corrected chi connectivity index (χ4v) is 3.36. The molecular weight excluding hydrogens is 390 g/mol. The van der Waals surface area contributed by atoms with Gasteiger partial charge in [-0.2, -0.15) is 0 Å². The number of hydrogen-bond donors (Lipinski definition) is 5. The van der Waals surface area contributed by atoms with E-state index in [0.29, 0.717) is 18.7 Å². The van der Waals surface area contributed by atoms with Gasteiger partial charge in [-0.25, -0.2) is 0 Å². The Labute approximate surface area is 182 Å². The summed E-state index contributed by atoms with van der Waals surface area (Å²) >= 11 is 0. The zero-order valence-electron chi connectivity index (χ0n) is 17.7. The standard InChI is InChI=1S/C23H29N7O/c1-29(22(24)25)13-10-16-2-8-20(9-3-16)28-21(31)19-6-4-17(5-7-19)18-11-14-30(15-12-18)23(26)27/h2-9,11H,10,12-15H2,1H3,(H3,24,25)(H3,26,27)(H,28,31). The number of likely N-dealkylation sites (N-methyl/N-ethyl adjacent to an activating group) is 1. The third kappa shape index (κ3) is 5.85. The number of benzene rings is 2. The van der Waals surface area contributed by atoms with E-state index in [1.807, 2.05) is 53.4 Å². The number of carbonyl (C=O) groups is 1. The minimum Gasteiger partial charge on any atom is -0.370 e. The third-order valence-corrected chi connectivity index (χ3v) is 5.43. The second-order valence-corrected chi connectivity index (χ2v) is 7.60. The van der Waals surface area contributed by atoms with Crippen molar-refractivity contribution in [3.8, 4) is 0 Å². The number of anilines is 1. The van der Waals surface area contributed by atoms with Gasteiger partial charge in [0, 0.05) is 37.9 Å². The van der Waals surface area contributed by atoms with E-state index in [-0.39, 0.29) is 17.8 Å². The first kappa shape index (κ1) is 21.9. The van der Waals surface area contributed by atoms with Gasteiger partial charge in [-0.1, -0.05) is 30.3 Å². The lowest BCUT2D eigenvalue weighted by molar-refractivity contribution is 0.102. The number of carbonyl (C=O) groups excluding carboxylic acids is 1. The molecule has 2 aromatic carbocycles. The molecule has 0 spiro atoms. The van der Waals surface area contributed by atoms with E-state index < -0.39 is 0 Å². The summed E-state index contributed by atoms with van der Waals surface area (Å²) in [5, 5.41) is 17.8. The van der Waals surface area contributed by atoms with Crippen LogP contribution in [0.1, 0.15) is 27.9 Å². The monoisotopic (exact) mass is 419 g/mol.